The van der Waals surface area contributed by atoms with Crippen LogP contribution in [0.2, 0.25) is 0 Å². The molecule has 7 heteroatoms. The number of rotatable bonds is 3. The first-order valence-electron chi connectivity index (χ1n) is 5.55. The van der Waals surface area contributed by atoms with Gasteiger partial charge >= 0.3 is 0 Å². The summed E-state index contributed by atoms with van der Waals surface area (Å²) in [5.41, 5.74) is 2.14. The van der Waals surface area contributed by atoms with Crippen LogP contribution in [0.4, 0.5) is 8.78 Å². The van der Waals surface area contributed by atoms with Crippen LogP contribution in [-0.4, -0.2) is 19.9 Å². The highest BCUT2D eigenvalue weighted by atomic mass is 32.2. The fourth-order valence-electron chi connectivity index (χ4n) is 2.35. The van der Waals surface area contributed by atoms with Crippen molar-refractivity contribution in [2.24, 2.45) is 11.8 Å². The van der Waals surface area contributed by atoms with Crippen molar-refractivity contribution in [1.29, 1.82) is 0 Å². The van der Waals surface area contributed by atoms with Crippen molar-refractivity contribution in [3.63, 3.8) is 0 Å². The number of hydrogen-bond donors (Lipinski definition) is 2. The molecule has 0 amide bonds. The van der Waals surface area contributed by atoms with E-state index in [0.717, 1.165) is 12.1 Å². The molecule has 1 aliphatic heterocycles. The molecule has 0 spiro atoms. The van der Waals surface area contributed by atoms with Crippen LogP contribution in [0, 0.1) is 17.6 Å². The highest BCUT2D eigenvalue weighted by Crippen LogP contribution is 2.33. The maximum atomic E-state index is 13.6. The van der Waals surface area contributed by atoms with E-state index in [1.165, 1.54) is 6.07 Å². The number of hydrogen-bond acceptors (Lipinski definition) is 4. The Bertz CT molecular complexity index is 528. The third kappa shape index (κ3) is 2.52. The largest absolute Gasteiger partial charge is 0.271 e. The minimum atomic E-state index is -3.12. The van der Waals surface area contributed by atoms with Crippen molar-refractivity contribution in [1.82, 2.24) is 5.43 Å². The van der Waals surface area contributed by atoms with E-state index in [9.17, 15) is 17.2 Å². The van der Waals surface area contributed by atoms with E-state index < -0.39 is 33.4 Å². The van der Waals surface area contributed by atoms with Crippen molar-refractivity contribution in [3.8, 4) is 0 Å². The van der Waals surface area contributed by atoms with Gasteiger partial charge in [-0.3, -0.25) is 11.3 Å². The number of nitrogens with one attached hydrogen (secondary N) is 1. The molecule has 2 unspecified atom stereocenters. The topological polar surface area (TPSA) is 72.2 Å². The zero-order valence-corrected chi connectivity index (χ0v) is 10.4. The summed E-state index contributed by atoms with van der Waals surface area (Å²) < 4.78 is 50.1. The molecule has 1 aromatic carbocycles. The SMILES string of the molecule is NNC(c1c(F)cccc1F)C1CCS(=O)(=O)C1. The lowest BCUT2D eigenvalue weighted by atomic mass is 9.92. The third-order valence-corrected chi connectivity index (χ3v) is 5.02. The summed E-state index contributed by atoms with van der Waals surface area (Å²) in [6.45, 7) is 0. The van der Waals surface area contributed by atoms with Gasteiger partial charge in [-0.25, -0.2) is 17.2 Å². The number of nitrogens with two attached hydrogens (primary N) is 1. The summed E-state index contributed by atoms with van der Waals surface area (Å²) in [5.74, 6) is 3.41. The van der Waals surface area contributed by atoms with Gasteiger partial charge in [0.2, 0.25) is 0 Å². The van der Waals surface area contributed by atoms with Gasteiger partial charge in [0.05, 0.1) is 17.5 Å². The monoisotopic (exact) mass is 276 g/mol. The van der Waals surface area contributed by atoms with Crippen LogP contribution in [0.1, 0.15) is 18.0 Å². The molecule has 1 saturated heterocycles. The first-order chi connectivity index (χ1) is 8.44. The predicted molar refractivity (Wildman–Crippen MR) is 63.2 cm³/mol. The second kappa shape index (κ2) is 4.91. The molecular weight excluding hydrogens is 262 g/mol. The summed E-state index contributed by atoms with van der Waals surface area (Å²) in [4.78, 5) is 0. The number of halogens is 2. The van der Waals surface area contributed by atoms with Gasteiger partial charge in [0.1, 0.15) is 11.6 Å². The number of hydrazine groups is 1. The second-order valence-corrected chi connectivity index (χ2v) is 6.67. The normalized spacial score (nSPS) is 24.1. The van der Waals surface area contributed by atoms with Crippen LogP contribution < -0.4 is 11.3 Å². The van der Waals surface area contributed by atoms with Crippen molar-refractivity contribution < 1.29 is 17.2 Å². The molecule has 100 valence electrons. The van der Waals surface area contributed by atoms with Gasteiger partial charge < -0.3 is 0 Å². The zero-order chi connectivity index (χ0) is 13.3. The summed E-state index contributed by atoms with van der Waals surface area (Å²) in [5, 5.41) is 0. The highest BCUT2D eigenvalue weighted by molar-refractivity contribution is 7.91. The van der Waals surface area contributed by atoms with Gasteiger partial charge in [0.15, 0.2) is 9.84 Å². The van der Waals surface area contributed by atoms with E-state index in [4.69, 9.17) is 5.84 Å². The lowest BCUT2D eigenvalue weighted by molar-refractivity contribution is 0.370. The molecule has 1 aromatic rings. The van der Waals surface area contributed by atoms with Crippen molar-refractivity contribution in [3.05, 3.63) is 35.4 Å². The maximum Gasteiger partial charge on any atom is 0.150 e. The molecule has 2 atom stereocenters. The quantitative estimate of drug-likeness (QED) is 0.635. The first kappa shape index (κ1) is 13.4. The maximum absolute atomic E-state index is 13.6. The van der Waals surface area contributed by atoms with Crippen LogP contribution in [0.3, 0.4) is 0 Å². The molecule has 0 aromatic heterocycles. The van der Waals surface area contributed by atoms with Crippen molar-refractivity contribution in [2.45, 2.75) is 12.5 Å². The van der Waals surface area contributed by atoms with Gasteiger partial charge in [-0.2, -0.15) is 0 Å². The zero-order valence-electron chi connectivity index (χ0n) is 9.57. The lowest BCUT2D eigenvalue weighted by Gasteiger charge is -2.22. The molecular formula is C11H14F2N2O2S. The van der Waals surface area contributed by atoms with E-state index >= 15 is 0 Å². The third-order valence-electron chi connectivity index (χ3n) is 3.23. The molecule has 0 radical (unpaired) electrons. The Balaban J connectivity index is 2.35. The van der Waals surface area contributed by atoms with Gasteiger partial charge in [0, 0.05) is 5.56 Å². The molecule has 3 N–H and O–H groups in total. The molecule has 0 aliphatic carbocycles. The van der Waals surface area contributed by atoms with E-state index in [1.807, 2.05) is 0 Å². The summed E-state index contributed by atoms with van der Waals surface area (Å²) >= 11 is 0. The Morgan fingerprint density at radius 3 is 2.39 bits per heavy atom. The molecule has 0 bridgehead atoms. The summed E-state index contributed by atoms with van der Waals surface area (Å²) in [6.07, 6.45) is 0.352. The van der Waals surface area contributed by atoms with Crippen molar-refractivity contribution >= 4 is 9.84 Å². The molecule has 1 fully saturated rings. The minimum Gasteiger partial charge on any atom is -0.271 e. The predicted octanol–water partition coefficient (Wildman–Crippen LogP) is 0.904. The molecule has 18 heavy (non-hydrogen) atoms. The van der Waals surface area contributed by atoms with Crippen LogP contribution >= 0.6 is 0 Å². The van der Waals surface area contributed by atoms with Crippen LogP contribution in [-0.2, 0) is 9.84 Å². The highest BCUT2D eigenvalue weighted by Gasteiger charge is 2.36. The Labute approximate surface area is 104 Å². The second-order valence-electron chi connectivity index (χ2n) is 4.44. The van der Waals surface area contributed by atoms with E-state index in [0.29, 0.717) is 6.42 Å². The van der Waals surface area contributed by atoms with Crippen LogP contribution in [0.5, 0.6) is 0 Å². The van der Waals surface area contributed by atoms with Gasteiger partial charge in [-0.15, -0.1) is 0 Å². The summed E-state index contributed by atoms with van der Waals surface area (Å²) in [7, 11) is -3.12. The first-order valence-corrected chi connectivity index (χ1v) is 7.37. The van der Waals surface area contributed by atoms with Gasteiger partial charge in [-0.05, 0) is 24.5 Å². The number of sulfone groups is 1. The Morgan fingerprint density at radius 2 is 1.94 bits per heavy atom. The number of benzene rings is 1. The Hall–Kier alpha value is -1.05. The van der Waals surface area contributed by atoms with Crippen molar-refractivity contribution in [2.75, 3.05) is 11.5 Å². The van der Waals surface area contributed by atoms with Crippen LogP contribution in [0.25, 0.3) is 0 Å². The molecule has 1 heterocycles. The fourth-order valence-corrected chi connectivity index (χ4v) is 4.19. The van der Waals surface area contributed by atoms with E-state index in [-0.39, 0.29) is 17.1 Å². The molecule has 1 aliphatic rings. The molecule has 4 nitrogen and oxygen atoms in total. The minimum absolute atomic E-state index is 0.0336. The Kier molecular flexibility index (Phi) is 3.65. The van der Waals surface area contributed by atoms with Gasteiger partial charge in [0.25, 0.3) is 0 Å². The van der Waals surface area contributed by atoms with E-state index in [2.05, 4.69) is 5.43 Å². The standard InChI is InChI=1S/C11H14F2N2O2S/c12-8-2-1-3-9(13)10(8)11(15-14)7-4-5-18(16,17)6-7/h1-3,7,11,15H,4-6,14H2. The lowest BCUT2D eigenvalue weighted by Crippen LogP contribution is -2.35. The Morgan fingerprint density at radius 1 is 1.33 bits per heavy atom. The fraction of sp³-hybridized carbons (Fsp3) is 0.455. The van der Waals surface area contributed by atoms with Crippen LogP contribution in [0.15, 0.2) is 18.2 Å². The smallest absolute Gasteiger partial charge is 0.150 e. The molecule has 0 saturated carbocycles. The van der Waals surface area contributed by atoms with Gasteiger partial charge in [-0.1, -0.05) is 6.07 Å². The average Bonchev–Trinajstić information content (AvgIpc) is 2.64. The van der Waals surface area contributed by atoms with E-state index in [1.54, 1.807) is 0 Å². The average molecular weight is 276 g/mol. The molecule has 2 rings (SSSR count). The summed E-state index contributed by atoms with van der Waals surface area (Å²) in [6, 6.07) is 2.69.